The molecular weight excluding hydrogens is 375 g/mol. The highest BCUT2D eigenvalue weighted by Crippen LogP contribution is 2.29. The van der Waals surface area contributed by atoms with E-state index < -0.39 is 0 Å². The van der Waals surface area contributed by atoms with Crippen molar-refractivity contribution in [1.82, 2.24) is 9.55 Å². The molecule has 0 spiro atoms. The van der Waals surface area contributed by atoms with Crippen LogP contribution in [0, 0.1) is 5.82 Å². The van der Waals surface area contributed by atoms with Crippen molar-refractivity contribution in [2.45, 2.75) is 10.9 Å². The molecule has 1 aromatic heterocycles. The van der Waals surface area contributed by atoms with Gasteiger partial charge in [0.2, 0.25) is 0 Å². The number of thioether (sulfide) groups is 1. The van der Waals surface area contributed by atoms with E-state index in [1.807, 2.05) is 30.3 Å². The molecule has 0 aliphatic heterocycles. The van der Waals surface area contributed by atoms with Crippen molar-refractivity contribution in [2.75, 3.05) is 7.11 Å². The molecule has 0 unspecified atom stereocenters. The zero-order valence-electron chi connectivity index (χ0n) is 15.1. The number of rotatable bonds is 5. The zero-order valence-corrected chi connectivity index (χ0v) is 15.9. The fraction of sp³-hybridized carbons (Fsp3) is 0.0909. The molecule has 0 bridgehead atoms. The van der Waals surface area contributed by atoms with Crippen molar-refractivity contribution < 1.29 is 9.13 Å². The average Bonchev–Trinajstić information content (AvgIpc) is 2.73. The summed E-state index contributed by atoms with van der Waals surface area (Å²) in [5.41, 5.74) is 1.58. The summed E-state index contributed by atoms with van der Waals surface area (Å²) in [6.45, 7) is 0. The first kappa shape index (κ1) is 18.3. The maximum absolute atomic E-state index is 14.0. The third-order valence-electron chi connectivity index (χ3n) is 4.39. The first-order chi connectivity index (χ1) is 13.7. The number of nitrogens with zero attached hydrogens (tertiary/aromatic N) is 2. The molecule has 6 heteroatoms. The van der Waals surface area contributed by atoms with Gasteiger partial charge >= 0.3 is 0 Å². The first-order valence-corrected chi connectivity index (χ1v) is 9.69. The largest absolute Gasteiger partial charge is 0.495 e. The van der Waals surface area contributed by atoms with E-state index in [9.17, 15) is 9.18 Å². The van der Waals surface area contributed by atoms with Gasteiger partial charge in [0, 0.05) is 5.75 Å². The second kappa shape index (κ2) is 7.86. The van der Waals surface area contributed by atoms with Gasteiger partial charge in [-0.2, -0.15) is 0 Å². The van der Waals surface area contributed by atoms with Crippen LogP contribution in [0.2, 0.25) is 0 Å². The third kappa shape index (κ3) is 3.39. The Balaban J connectivity index is 1.89. The van der Waals surface area contributed by atoms with Crippen molar-refractivity contribution >= 4 is 22.7 Å². The maximum Gasteiger partial charge on any atom is 0.266 e. The van der Waals surface area contributed by atoms with Crippen LogP contribution < -0.4 is 10.3 Å². The van der Waals surface area contributed by atoms with Crippen LogP contribution in [0.4, 0.5) is 4.39 Å². The Morgan fingerprint density at radius 2 is 1.71 bits per heavy atom. The van der Waals surface area contributed by atoms with E-state index in [-0.39, 0.29) is 11.4 Å². The quantitative estimate of drug-likeness (QED) is 0.361. The summed E-state index contributed by atoms with van der Waals surface area (Å²) < 4.78 is 21.0. The molecule has 4 rings (SSSR count). The summed E-state index contributed by atoms with van der Waals surface area (Å²) in [7, 11) is 1.56. The van der Waals surface area contributed by atoms with Crippen LogP contribution in [0.5, 0.6) is 5.75 Å². The maximum atomic E-state index is 14.0. The topological polar surface area (TPSA) is 44.1 Å². The minimum absolute atomic E-state index is 0.189. The summed E-state index contributed by atoms with van der Waals surface area (Å²) in [5, 5.41) is 1.00. The number of benzene rings is 3. The smallest absolute Gasteiger partial charge is 0.266 e. The Bertz CT molecular complexity index is 1210. The van der Waals surface area contributed by atoms with Crippen molar-refractivity contribution in [1.29, 1.82) is 0 Å². The van der Waals surface area contributed by atoms with Gasteiger partial charge < -0.3 is 4.74 Å². The minimum atomic E-state index is -0.276. The fourth-order valence-electron chi connectivity index (χ4n) is 2.99. The van der Waals surface area contributed by atoms with Gasteiger partial charge in [0.25, 0.3) is 5.56 Å². The lowest BCUT2D eigenvalue weighted by molar-refractivity contribution is 0.411. The van der Waals surface area contributed by atoms with Gasteiger partial charge in [-0.3, -0.25) is 9.36 Å². The van der Waals surface area contributed by atoms with Crippen LogP contribution >= 0.6 is 11.8 Å². The van der Waals surface area contributed by atoms with E-state index in [4.69, 9.17) is 4.74 Å². The van der Waals surface area contributed by atoms with Gasteiger partial charge in [-0.15, -0.1) is 0 Å². The Morgan fingerprint density at radius 3 is 2.54 bits per heavy atom. The van der Waals surface area contributed by atoms with Gasteiger partial charge in [0.1, 0.15) is 11.6 Å². The minimum Gasteiger partial charge on any atom is -0.495 e. The van der Waals surface area contributed by atoms with Gasteiger partial charge in [0.15, 0.2) is 5.16 Å². The lowest BCUT2D eigenvalue weighted by atomic mass is 10.2. The Kier molecular flexibility index (Phi) is 5.12. The van der Waals surface area contributed by atoms with Gasteiger partial charge in [-0.1, -0.05) is 54.2 Å². The molecular formula is C22H17FN2O2S. The molecule has 3 aromatic carbocycles. The highest BCUT2D eigenvalue weighted by Gasteiger charge is 2.16. The number of ether oxygens (including phenoxy) is 1. The lowest BCUT2D eigenvalue weighted by Crippen LogP contribution is -2.22. The lowest BCUT2D eigenvalue weighted by Gasteiger charge is -2.15. The molecule has 0 radical (unpaired) electrons. The molecule has 0 amide bonds. The van der Waals surface area contributed by atoms with Crippen LogP contribution in [-0.4, -0.2) is 16.7 Å². The van der Waals surface area contributed by atoms with E-state index in [1.54, 1.807) is 43.5 Å². The van der Waals surface area contributed by atoms with Gasteiger partial charge in [-0.05, 0) is 35.9 Å². The predicted octanol–water partition coefficient (Wildman–Crippen LogP) is 4.83. The number of para-hydroxylation sites is 3. The zero-order chi connectivity index (χ0) is 19.5. The summed E-state index contributed by atoms with van der Waals surface area (Å²) in [6, 6.07) is 21.1. The molecule has 0 N–H and O–H groups in total. The third-order valence-corrected chi connectivity index (χ3v) is 5.37. The van der Waals surface area contributed by atoms with E-state index in [0.29, 0.717) is 38.8 Å². The molecule has 4 nitrogen and oxygen atoms in total. The molecule has 1 heterocycles. The molecule has 0 saturated carbocycles. The van der Waals surface area contributed by atoms with Gasteiger partial charge in [-0.25, -0.2) is 9.37 Å². The fourth-order valence-corrected chi connectivity index (χ4v) is 3.99. The molecule has 28 heavy (non-hydrogen) atoms. The number of halogens is 1. The molecule has 0 fully saturated rings. The van der Waals surface area contributed by atoms with Crippen molar-refractivity contribution in [3.8, 4) is 11.4 Å². The van der Waals surface area contributed by atoms with Crippen molar-refractivity contribution in [3.05, 3.63) is 94.5 Å². The average molecular weight is 392 g/mol. The molecule has 0 aliphatic rings. The highest BCUT2D eigenvalue weighted by molar-refractivity contribution is 7.98. The second-order valence-electron chi connectivity index (χ2n) is 6.10. The predicted molar refractivity (Wildman–Crippen MR) is 110 cm³/mol. The van der Waals surface area contributed by atoms with Crippen LogP contribution in [0.3, 0.4) is 0 Å². The summed E-state index contributed by atoms with van der Waals surface area (Å²) >= 11 is 1.31. The van der Waals surface area contributed by atoms with Crippen LogP contribution in [-0.2, 0) is 5.75 Å². The SMILES string of the molecule is COc1ccccc1-n1c(SCc2ccccc2F)nc2ccccc2c1=O. The summed E-state index contributed by atoms with van der Waals surface area (Å²) in [5.74, 6) is 0.642. The molecule has 0 atom stereocenters. The molecule has 0 saturated heterocycles. The van der Waals surface area contributed by atoms with E-state index >= 15 is 0 Å². The Hall–Kier alpha value is -3.12. The standard InChI is InChI=1S/C22H17FN2O2S/c1-27-20-13-7-6-12-19(20)25-21(26)16-9-3-5-11-18(16)24-22(25)28-14-15-8-2-4-10-17(15)23/h2-13H,14H2,1H3. The Morgan fingerprint density at radius 1 is 1.00 bits per heavy atom. The normalized spacial score (nSPS) is 10.9. The van der Waals surface area contributed by atoms with Crippen LogP contribution in [0.1, 0.15) is 5.56 Å². The van der Waals surface area contributed by atoms with Crippen molar-refractivity contribution in [3.63, 3.8) is 0 Å². The van der Waals surface area contributed by atoms with Gasteiger partial charge in [0.05, 0.1) is 23.7 Å². The molecule has 0 aliphatic carbocycles. The molecule has 4 aromatic rings. The Labute approximate surface area is 165 Å². The van der Waals surface area contributed by atoms with Crippen molar-refractivity contribution in [2.24, 2.45) is 0 Å². The summed E-state index contributed by atoms with van der Waals surface area (Å²) in [4.78, 5) is 18.0. The van der Waals surface area contributed by atoms with E-state index in [0.717, 1.165) is 0 Å². The monoisotopic (exact) mass is 392 g/mol. The van der Waals surface area contributed by atoms with E-state index in [1.165, 1.54) is 22.4 Å². The number of aromatic nitrogens is 2. The number of hydrogen-bond acceptors (Lipinski definition) is 4. The number of fused-ring (bicyclic) bond motifs is 1. The number of hydrogen-bond donors (Lipinski definition) is 0. The van der Waals surface area contributed by atoms with Crippen LogP contribution in [0.15, 0.2) is 82.7 Å². The first-order valence-electron chi connectivity index (χ1n) is 8.70. The van der Waals surface area contributed by atoms with Crippen LogP contribution in [0.25, 0.3) is 16.6 Å². The second-order valence-corrected chi connectivity index (χ2v) is 7.05. The van der Waals surface area contributed by atoms with E-state index in [2.05, 4.69) is 4.98 Å². The highest BCUT2D eigenvalue weighted by atomic mass is 32.2. The number of methoxy groups -OCH3 is 1. The molecule has 140 valence electrons. The summed E-state index contributed by atoms with van der Waals surface area (Å²) in [6.07, 6.45) is 0.